The van der Waals surface area contributed by atoms with Crippen LogP contribution >= 0.6 is 0 Å². The lowest BCUT2D eigenvalue weighted by Crippen LogP contribution is -2.56. The van der Waals surface area contributed by atoms with E-state index >= 15 is 0 Å². The van der Waals surface area contributed by atoms with Gasteiger partial charge >= 0.3 is 0 Å². The van der Waals surface area contributed by atoms with Gasteiger partial charge in [-0.2, -0.15) is 0 Å². The molecule has 98 valence electrons. The molecule has 2 saturated heterocycles. The summed E-state index contributed by atoms with van der Waals surface area (Å²) in [6.45, 7) is 3.85. The summed E-state index contributed by atoms with van der Waals surface area (Å²) in [4.78, 5) is 15.9. The van der Waals surface area contributed by atoms with Gasteiger partial charge in [0.15, 0.2) is 0 Å². The Bertz CT molecular complexity index is 266. The maximum absolute atomic E-state index is 11.9. The van der Waals surface area contributed by atoms with Crippen LogP contribution in [0.1, 0.15) is 19.3 Å². The van der Waals surface area contributed by atoms with Gasteiger partial charge in [-0.15, -0.1) is 0 Å². The summed E-state index contributed by atoms with van der Waals surface area (Å²) in [6.07, 6.45) is 3.48. The quantitative estimate of drug-likeness (QED) is 0.731. The molecular weight excluding hydrogens is 218 g/mol. The summed E-state index contributed by atoms with van der Waals surface area (Å²) in [5.41, 5.74) is 5.59. The van der Waals surface area contributed by atoms with Crippen molar-refractivity contribution in [3.63, 3.8) is 0 Å². The summed E-state index contributed by atoms with van der Waals surface area (Å²) >= 11 is 0. The number of nitrogens with zero attached hydrogens (tertiary/aromatic N) is 2. The molecule has 2 heterocycles. The highest BCUT2D eigenvalue weighted by molar-refractivity contribution is 5.79. The Morgan fingerprint density at radius 2 is 2.35 bits per heavy atom. The first-order chi connectivity index (χ1) is 8.20. The number of hydrogen-bond acceptors (Lipinski definition) is 4. The normalized spacial score (nSPS) is 31.2. The van der Waals surface area contributed by atoms with E-state index in [2.05, 4.69) is 4.90 Å². The van der Waals surface area contributed by atoms with Gasteiger partial charge in [0, 0.05) is 32.8 Å². The number of piperazine rings is 1. The van der Waals surface area contributed by atoms with Crippen molar-refractivity contribution in [3.8, 4) is 0 Å². The summed E-state index contributed by atoms with van der Waals surface area (Å²) in [7, 11) is 1.88. The molecule has 2 N–H and O–H groups in total. The van der Waals surface area contributed by atoms with Crippen LogP contribution in [0.4, 0.5) is 0 Å². The Hall–Kier alpha value is -0.650. The summed E-state index contributed by atoms with van der Waals surface area (Å²) in [5, 5.41) is 0. The second-order valence-corrected chi connectivity index (χ2v) is 5.06. The number of nitrogens with two attached hydrogens (primary N) is 1. The number of carbonyl (C=O) groups is 1. The Morgan fingerprint density at radius 3 is 3.00 bits per heavy atom. The second-order valence-electron chi connectivity index (χ2n) is 5.06. The molecule has 0 saturated carbocycles. The van der Waals surface area contributed by atoms with Crippen LogP contribution in [0.15, 0.2) is 0 Å². The first kappa shape index (κ1) is 12.8. The lowest BCUT2D eigenvalue weighted by atomic mass is 10.1. The van der Waals surface area contributed by atoms with E-state index in [1.54, 1.807) is 0 Å². The van der Waals surface area contributed by atoms with Crippen LogP contribution in [-0.2, 0) is 9.53 Å². The lowest BCUT2D eigenvalue weighted by Gasteiger charge is -2.39. The molecule has 0 bridgehead atoms. The monoisotopic (exact) mass is 241 g/mol. The lowest BCUT2D eigenvalue weighted by molar-refractivity contribution is -0.138. The highest BCUT2D eigenvalue weighted by atomic mass is 16.5. The van der Waals surface area contributed by atoms with E-state index in [1.807, 2.05) is 11.9 Å². The van der Waals surface area contributed by atoms with Gasteiger partial charge in [-0.05, 0) is 25.8 Å². The third kappa shape index (κ3) is 3.18. The van der Waals surface area contributed by atoms with E-state index in [9.17, 15) is 4.79 Å². The van der Waals surface area contributed by atoms with Gasteiger partial charge in [0.2, 0.25) is 5.91 Å². The average molecular weight is 241 g/mol. The van der Waals surface area contributed by atoms with Gasteiger partial charge in [0.1, 0.15) is 0 Å². The third-order valence-corrected chi connectivity index (χ3v) is 3.75. The zero-order chi connectivity index (χ0) is 12.3. The van der Waals surface area contributed by atoms with Crippen molar-refractivity contribution in [2.75, 3.05) is 39.8 Å². The molecule has 0 aromatic carbocycles. The first-order valence-corrected chi connectivity index (χ1v) is 6.50. The minimum Gasteiger partial charge on any atom is -0.377 e. The minimum absolute atomic E-state index is 0.202. The molecule has 5 nitrogen and oxygen atoms in total. The zero-order valence-electron chi connectivity index (χ0n) is 10.6. The average Bonchev–Trinajstić information content (AvgIpc) is 2.78. The Labute approximate surface area is 103 Å². The molecule has 0 aliphatic carbocycles. The number of carbonyl (C=O) groups excluding carboxylic acids is 1. The van der Waals surface area contributed by atoms with Crippen molar-refractivity contribution >= 4 is 5.91 Å². The molecule has 1 amide bonds. The van der Waals surface area contributed by atoms with Crippen LogP contribution in [0.2, 0.25) is 0 Å². The van der Waals surface area contributed by atoms with Crippen molar-refractivity contribution in [2.45, 2.75) is 31.4 Å². The van der Waals surface area contributed by atoms with Crippen LogP contribution in [0.3, 0.4) is 0 Å². The fourth-order valence-corrected chi connectivity index (χ4v) is 2.68. The fraction of sp³-hybridized carbons (Fsp3) is 0.917. The number of rotatable bonds is 4. The van der Waals surface area contributed by atoms with Crippen LogP contribution in [0, 0.1) is 0 Å². The second kappa shape index (κ2) is 5.80. The predicted molar refractivity (Wildman–Crippen MR) is 65.6 cm³/mol. The summed E-state index contributed by atoms with van der Waals surface area (Å²) in [6, 6.07) is 0.266. The maximum atomic E-state index is 11.9. The SMILES string of the molecule is CN1C(=O)CN(CC2CCCO2)CC1CCN. The van der Waals surface area contributed by atoms with E-state index in [1.165, 1.54) is 0 Å². The maximum Gasteiger partial charge on any atom is 0.236 e. The van der Waals surface area contributed by atoms with Crippen molar-refractivity contribution in [3.05, 3.63) is 0 Å². The highest BCUT2D eigenvalue weighted by Crippen LogP contribution is 2.17. The molecule has 2 aliphatic rings. The molecule has 0 aromatic rings. The summed E-state index contributed by atoms with van der Waals surface area (Å²) in [5.74, 6) is 0.202. The van der Waals surface area contributed by atoms with Crippen LogP contribution in [0.5, 0.6) is 0 Å². The molecule has 17 heavy (non-hydrogen) atoms. The first-order valence-electron chi connectivity index (χ1n) is 6.50. The molecule has 0 radical (unpaired) electrons. The zero-order valence-corrected chi connectivity index (χ0v) is 10.6. The van der Waals surface area contributed by atoms with E-state index in [0.717, 1.165) is 39.0 Å². The molecule has 0 aromatic heterocycles. The topological polar surface area (TPSA) is 58.8 Å². The molecule has 5 heteroatoms. The summed E-state index contributed by atoms with van der Waals surface area (Å²) < 4.78 is 5.62. The number of ether oxygens (including phenoxy) is 1. The van der Waals surface area contributed by atoms with Gasteiger partial charge in [-0.1, -0.05) is 0 Å². The molecular formula is C12H23N3O2. The fourth-order valence-electron chi connectivity index (χ4n) is 2.68. The van der Waals surface area contributed by atoms with E-state index in [-0.39, 0.29) is 11.9 Å². The molecule has 2 rings (SSSR count). The van der Waals surface area contributed by atoms with E-state index in [4.69, 9.17) is 10.5 Å². The standard InChI is InChI=1S/C12H23N3O2/c1-14-10(4-5-13)7-15(9-12(14)16)8-11-3-2-6-17-11/h10-11H,2-9,13H2,1H3. The third-order valence-electron chi connectivity index (χ3n) is 3.75. The van der Waals surface area contributed by atoms with Gasteiger partial charge in [-0.3, -0.25) is 9.69 Å². The van der Waals surface area contributed by atoms with Gasteiger partial charge in [0.05, 0.1) is 12.6 Å². The molecule has 2 aliphatic heterocycles. The predicted octanol–water partition coefficient (Wildman–Crippen LogP) is -0.343. The van der Waals surface area contributed by atoms with E-state index in [0.29, 0.717) is 19.2 Å². The molecule has 2 fully saturated rings. The largest absolute Gasteiger partial charge is 0.377 e. The van der Waals surface area contributed by atoms with Crippen LogP contribution < -0.4 is 5.73 Å². The smallest absolute Gasteiger partial charge is 0.236 e. The van der Waals surface area contributed by atoms with Gasteiger partial charge in [0.25, 0.3) is 0 Å². The Morgan fingerprint density at radius 1 is 1.53 bits per heavy atom. The number of likely N-dealkylation sites (N-methyl/N-ethyl adjacent to an activating group) is 1. The van der Waals surface area contributed by atoms with Crippen molar-refractivity contribution < 1.29 is 9.53 Å². The molecule has 2 atom stereocenters. The number of amides is 1. The van der Waals surface area contributed by atoms with Crippen molar-refractivity contribution in [1.29, 1.82) is 0 Å². The van der Waals surface area contributed by atoms with Crippen molar-refractivity contribution in [1.82, 2.24) is 9.80 Å². The van der Waals surface area contributed by atoms with Gasteiger partial charge < -0.3 is 15.4 Å². The van der Waals surface area contributed by atoms with Crippen LogP contribution in [-0.4, -0.2) is 67.7 Å². The Kier molecular flexibility index (Phi) is 4.36. The highest BCUT2D eigenvalue weighted by Gasteiger charge is 2.31. The van der Waals surface area contributed by atoms with Gasteiger partial charge in [-0.25, -0.2) is 0 Å². The molecule has 0 spiro atoms. The minimum atomic E-state index is 0.202. The number of hydrogen-bond donors (Lipinski definition) is 1. The van der Waals surface area contributed by atoms with Crippen molar-refractivity contribution in [2.24, 2.45) is 5.73 Å². The van der Waals surface area contributed by atoms with Crippen LogP contribution in [0.25, 0.3) is 0 Å². The molecule has 2 unspecified atom stereocenters. The Balaban J connectivity index is 1.87. The van der Waals surface area contributed by atoms with E-state index < -0.39 is 0 Å².